The van der Waals surface area contributed by atoms with Crippen molar-refractivity contribution in [3.8, 4) is 5.75 Å². The number of nitrogens with zero attached hydrogens (tertiary/aromatic N) is 1. The molecule has 6 heteroatoms. The van der Waals surface area contributed by atoms with E-state index in [1.165, 1.54) is 0 Å². The number of hydrogen-bond acceptors (Lipinski definition) is 5. The number of ether oxygens (including phenoxy) is 1. The summed E-state index contributed by atoms with van der Waals surface area (Å²) in [6.07, 6.45) is 0.748. The standard InChI is InChI=1S/C25H27NO5/c1-14(2)30-11-5-10-26-22(17-6-8-18(27)9-7-17)21-23(28)19-12-15(3)16(4)13-20(19)31-24(21)25(26)29/h6-9,12-14,22,27H,5,10-11H2,1-4H3. The maximum absolute atomic E-state index is 13.5. The minimum absolute atomic E-state index is 0.101. The molecule has 0 saturated heterocycles. The van der Waals surface area contributed by atoms with E-state index in [1.54, 1.807) is 29.2 Å². The third-order valence-electron chi connectivity index (χ3n) is 5.79. The second kappa shape index (κ2) is 8.19. The maximum atomic E-state index is 13.5. The summed E-state index contributed by atoms with van der Waals surface area (Å²) in [6, 6.07) is 9.68. The Morgan fingerprint density at radius 1 is 1.10 bits per heavy atom. The SMILES string of the molecule is Cc1cc2oc3c(c(=O)c2cc1C)C(c1ccc(O)cc1)N(CCCOC(C)C)C3=O. The van der Waals surface area contributed by atoms with Gasteiger partial charge in [-0.1, -0.05) is 12.1 Å². The zero-order valence-corrected chi connectivity index (χ0v) is 18.3. The number of phenolic OH excluding ortho intramolecular Hbond substituents is 1. The van der Waals surface area contributed by atoms with E-state index >= 15 is 0 Å². The number of amides is 1. The van der Waals surface area contributed by atoms with E-state index in [0.29, 0.717) is 36.1 Å². The molecule has 0 fully saturated rings. The maximum Gasteiger partial charge on any atom is 0.290 e. The molecule has 0 radical (unpaired) electrons. The Morgan fingerprint density at radius 3 is 2.45 bits per heavy atom. The number of aromatic hydroxyl groups is 1. The van der Waals surface area contributed by atoms with Gasteiger partial charge in [0.25, 0.3) is 5.91 Å². The molecule has 1 aromatic heterocycles. The van der Waals surface area contributed by atoms with Crippen LogP contribution in [0.25, 0.3) is 11.0 Å². The average Bonchev–Trinajstić information content (AvgIpc) is 3.00. The van der Waals surface area contributed by atoms with Crippen LogP contribution in [-0.4, -0.2) is 35.2 Å². The molecule has 6 nitrogen and oxygen atoms in total. The van der Waals surface area contributed by atoms with Gasteiger partial charge in [0.1, 0.15) is 11.3 Å². The van der Waals surface area contributed by atoms with E-state index in [1.807, 2.05) is 39.8 Å². The summed E-state index contributed by atoms with van der Waals surface area (Å²) < 4.78 is 11.6. The van der Waals surface area contributed by atoms with Crippen LogP contribution in [-0.2, 0) is 4.74 Å². The van der Waals surface area contributed by atoms with Crippen LogP contribution in [0, 0.1) is 13.8 Å². The molecule has 0 saturated carbocycles. The second-order valence-corrected chi connectivity index (χ2v) is 8.37. The predicted molar refractivity (Wildman–Crippen MR) is 119 cm³/mol. The quantitative estimate of drug-likeness (QED) is 0.594. The molecule has 2 aromatic carbocycles. The molecular weight excluding hydrogens is 394 g/mol. The van der Waals surface area contributed by atoms with Gasteiger partial charge in [0.05, 0.1) is 23.1 Å². The molecule has 0 bridgehead atoms. The second-order valence-electron chi connectivity index (χ2n) is 8.37. The van der Waals surface area contributed by atoms with E-state index in [0.717, 1.165) is 16.7 Å². The molecule has 1 aliphatic heterocycles. The molecule has 1 atom stereocenters. The van der Waals surface area contributed by atoms with Crippen LogP contribution < -0.4 is 5.43 Å². The summed E-state index contributed by atoms with van der Waals surface area (Å²) in [6.45, 7) is 8.77. The first kappa shape index (κ1) is 21.1. The number of carbonyl (C=O) groups is 1. The van der Waals surface area contributed by atoms with Gasteiger partial charge in [-0.2, -0.15) is 0 Å². The smallest absolute Gasteiger partial charge is 0.290 e. The first-order valence-corrected chi connectivity index (χ1v) is 10.6. The van der Waals surface area contributed by atoms with E-state index in [9.17, 15) is 14.7 Å². The first-order chi connectivity index (χ1) is 14.8. The molecule has 162 valence electrons. The van der Waals surface area contributed by atoms with Crippen LogP contribution in [0.3, 0.4) is 0 Å². The Kier molecular flexibility index (Phi) is 5.58. The van der Waals surface area contributed by atoms with Crippen LogP contribution in [0.15, 0.2) is 45.6 Å². The zero-order valence-electron chi connectivity index (χ0n) is 18.3. The Bertz CT molecular complexity index is 1190. The van der Waals surface area contributed by atoms with Crippen molar-refractivity contribution in [2.75, 3.05) is 13.2 Å². The lowest BCUT2D eigenvalue weighted by Gasteiger charge is -2.25. The number of aryl methyl sites for hydroxylation is 2. The summed E-state index contributed by atoms with van der Waals surface area (Å²) in [4.78, 5) is 28.5. The molecule has 1 aliphatic rings. The van der Waals surface area contributed by atoms with Gasteiger partial charge in [-0.3, -0.25) is 9.59 Å². The van der Waals surface area contributed by atoms with Crippen molar-refractivity contribution >= 4 is 16.9 Å². The molecule has 4 rings (SSSR count). The topological polar surface area (TPSA) is 80.0 Å². The molecule has 0 aliphatic carbocycles. The van der Waals surface area contributed by atoms with Crippen LogP contribution in [0.1, 0.15) is 59.1 Å². The minimum atomic E-state index is -0.565. The van der Waals surface area contributed by atoms with E-state index in [4.69, 9.17) is 9.15 Å². The Labute approximate surface area is 181 Å². The van der Waals surface area contributed by atoms with Gasteiger partial charge in [0, 0.05) is 13.2 Å². The van der Waals surface area contributed by atoms with Gasteiger partial charge in [-0.05, 0) is 75.1 Å². The van der Waals surface area contributed by atoms with Crippen molar-refractivity contribution in [1.29, 1.82) is 0 Å². The Hall–Kier alpha value is -3.12. The monoisotopic (exact) mass is 421 g/mol. The van der Waals surface area contributed by atoms with Crippen molar-refractivity contribution in [3.05, 3.63) is 74.6 Å². The highest BCUT2D eigenvalue weighted by molar-refractivity contribution is 5.99. The fourth-order valence-corrected chi connectivity index (χ4v) is 4.06. The number of phenols is 1. The summed E-state index contributed by atoms with van der Waals surface area (Å²) in [5.41, 5.74) is 3.34. The normalized spacial score (nSPS) is 15.8. The first-order valence-electron chi connectivity index (χ1n) is 10.6. The fraction of sp³-hybridized carbons (Fsp3) is 0.360. The summed E-state index contributed by atoms with van der Waals surface area (Å²) in [5, 5.41) is 10.2. The number of rotatable bonds is 6. The van der Waals surface area contributed by atoms with Gasteiger partial charge < -0.3 is 19.2 Å². The van der Waals surface area contributed by atoms with Gasteiger partial charge in [0.2, 0.25) is 5.76 Å². The van der Waals surface area contributed by atoms with Crippen LogP contribution in [0.4, 0.5) is 0 Å². The molecular formula is C25H27NO5. The third kappa shape index (κ3) is 3.83. The van der Waals surface area contributed by atoms with Crippen LogP contribution in [0.5, 0.6) is 5.75 Å². The van der Waals surface area contributed by atoms with Crippen molar-refractivity contribution < 1.29 is 19.1 Å². The molecule has 1 amide bonds. The predicted octanol–water partition coefficient (Wildman–Crippen LogP) is 4.48. The highest BCUT2D eigenvalue weighted by Gasteiger charge is 2.42. The van der Waals surface area contributed by atoms with E-state index in [2.05, 4.69) is 0 Å². The molecule has 1 N–H and O–H groups in total. The largest absolute Gasteiger partial charge is 0.508 e. The van der Waals surface area contributed by atoms with Gasteiger partial charge in [-0.25, -0.2) is 0 Å². The minimum Gasteiger partial charge on any atom is -0.508 e. The highest BCUT2D eigenvalue weighted by atomic mass is 16.5. The van der Waals surface area contributed by atoms with E-state index < -0.39 is 6.04 Å². The number of fused-ring (bicyclic) bond motifs is 2. The van der Waals surface area contributed by atoms with Gasteiger partial charge in [-0.15, -0.1) is 0 Å². The van der Waals surface area contributed by atoms with Gasteiger partial charge in [0.15, 0.2) is 5.43 Å². The number of benzene rings is 2. The van der Waals surface area contributed by atoms with Crippen LogP contribution >= 0.6 is 0 Å². The zero-order chi connectivity index (χ0) is 22.3. The van der Waals surface area contributed by atoms with Crippen molar-refractivity contribution in [3.63, 3.8) is 0 Å². The van der Waals surface area contributed by atoms with E-state index in [-0.39, 0.29) is 28.9 Å². The average molecular weight is 421 g/mol. The van der Waals surface area contributed by atoms with Gasteiger partial charge >= 0.3 is 0 Å². The molecule has 1 unspecified atom stereocenters. The van der Waals surface area contributed by atoms with Crippen molar-refractivity contribution in [1.82, 2.24) is 4.90 Å². The van der Waals surface area contributed by atoms with Crippen molar-refractivity contribution in [2.45, 2.75) is 46.3 Å². The third-order valence-corrected chi connectivity index (χ3v) is 5.79. The van der Waals surface area contributed by atoms with Crippen LogP contribution in [0.2, 0.25) is 0 Å². The molecule has 31 heavy (non-hydrogen) atoms. The lowest BCUT2D eigenvalue weighted by atomic mass is 9.97. The highest BCUT2D eigenvalue weighted by Crippen LogP contribution is 2.38. The Morgan fingerprint density at radius 2 is 1.77 bits per heavy atom. The Balaban J connectivity index is 1.83. The molecule has 3 aromatic rings. The number of hydrogen-bond donors (Lipinski definition) is 1. The van der Waals surface area contributed by atoms with Crippen molar-refractivity contribution in [2.24, 2.45) is 0 Å². The summed E-state index contributed by atoms with van der Waals surface area (Å²) >= 11 is 0. The molecule has 0 spiro atoms. The summed E-state index contributed by atoms with van der Waals surface area (Å²) in [7, 11) is 0. The lowest BCUT2D eigenvalue weighted by Crippen LogP contribution is -2.31. The fourth-order valence-electron chi connectivity index (χ4n) is 4.06. The lowest BCUT2D eigenvalue weighted by molar-refractivity contribution is 0.0593. The number of carbonyl (C=O) groups excluding carboxylic acids is 1. The summed E-state index contributed by atoms with van der Waals surface area (Å²) in [5.74, 6) is -0.0692. The molecule has 2 heterocycles.